The summed E-state index contributed by atoms with van der Waals surface area (Å²) in [6.45, 7) is 6.78. The van der Waals surface area contributed by atoms with Gasteiger partial charge < -0.3 is 10.4 Å². The van der Waals surface area contributed by atoms with Gasteiger partial charge in [-0.3, -0.25) is 9.59 Å². The van der Waals surface area contributed by atoms with Crippen LogP contribution < -0.4 is 5.32 Å². The molecule has 1 heterocycles. The van der Waals surface area contributed by atoms with E-state index in [1.54, 1.807) is 0 Å². The third-order valence-corrected chi connectivity index (χ3v) is 10.4. The normalized spacial score (nSPS) is 49.8. The van der Waals surface area contributed by atoms with Gasteiger partial charge in [-0.15, -0.1) is 0 Å². The van der Waals surface area contributed by atoms with Crippen LogP contribution in [0.4, 0.5) is 0 Å². The summed E-state index contributed by atoms with van der Waals surface area (Å²) in [5.41, 5.74) is 1.34. The lowest BCUT2D eigenvalue weighted by Gasteiger charge is -2.60. The van der Waals surface area contributed by atoms with Crippen LogP contribution in [0.1, 0.15) is 71.6 Å². The van der Waals surface area contributed by atoms with Gasteiger partial charge in [0, 0.05) is 23.7 Å². The maximum Gasteiger partial charge on any atom is 0.142 e. The van der Waals surface area contributed by atoms with Crippen molar-refractivity contribution < 1.29 is 14.7 Å². The van der Waals surface area contributed by atoms with Crippen LogP contribution in [0.5, 0.6) is 0 Å². The van der Waals surface area contributed by atoms with E-state index in [-0.39, 0.29) is 46.9 Å². The highest BCUT2D eigenvalue weighted by molar-refractivity contribution is 5.91. The molecule has 5 aliphatic rings. The Morgan fingerprint density at radius 1 is 1.07 bits per heavy atom. The summed E-state index contributed by atoms with van der Waals surface area (Å²) in [4.78, 5) is 26.4. The number of carbonyl (C=O) groups is 2. The van der Waals surface area contributed by atoms with Gasteiger partial charge in [0.1, 0.15) is 11.6 Å². The quantitative estimate of drug-likeness (QED) is 0.688. The molecule has 0 radical (unpaired) electrons. The fourth-order valence-corrected chi connectivity index (χ4v) is 8.44. The molecule has 5 rings (SSSR count). The first kappa shape index (κ1) is 20.9. The standard InChI is InChI=1S/C26H39NO3/c1-25-10-7-16(3-4-17-9-12-27-14-17)13-21(25)18(15-28)24(30)23-19-5-6-22(29)26(19,2)11-8-20(23)25/h3,17-21,23,27-28H,4-15H2,1-2H3/t17?,18-,19?,20?,21?,23?,25-,26+/m1/s1. The van der Waals surface area contributed by atoms with Crippen LogP contribution in [0.15, 0.2) is 11.6 Å². The molecule has 2 N–H and O–H groups in total. The van der Waals surface area contributed by atoms with Gasteiger partial charge in [0.2, 0.25) is 0 Å². The summed E-state index contributed by atoms with van der Waals surface area (Å²) in [6.07, 6.45) is 11.6. The Morgan fingerprint density at radius 2 is 1.90 bits per heavy atom. The predicted molar refractivity (Wildman–Crippen MR) is 117 cm³/mol. The second-order valence-corrected chi connectivity index (χ2v) is 11.6. The third-order valence-electron chi connectivity index (χ3n) is 10.4. The smallest absolute Gasteiger partial charge is 0.142 e. The van der Waals surface area contributed by atoms with Gasteiger partial charge in [0.15, 0.2) is 0 Å². The van der Waals surface area contributed by atoms with E-state index in [9.17, 15) is 14.7 Å². The monoisotopic (exact) mass is 413 g/mol. The molecule has 5 unspecified atom stereocenters. The molecule has 0 aromatic carbocycles. The van der Waals surface area contributed by atoms with E-state index < -0.39 is 0 Å². The van der Waals surface area contributed by atoms with Gasteiger partial charge in [-0.25, -0.2) is 0 Å². The van der Waals surface area contributed by atoms with E-state index in [4.69, 9.17) is 0 Å². The van der Waals surface area contributed by atoms with Crippen molar-refractivity contribution in [2.75, 3.05) is 19.7 Å². The average Bonchev–Trinajstić information content (AvgIpc) is 3.36. The number of aliphatic hydroxyl groups is 1. The van der Waals surface area contributed by atoms with Crippen molar-refractivity contribution in [1.82, 2.24) is 5.32 Å². The van der Waals surface area contributed by atoms with Gasteiger partial charge >= 0.3 is 0 Å². The SMILES string of the molecule is C[C@]12CCC(=CCC3CCNC3)CC1[C@@H](CO)C(=O)C1C2CC[C@]2(C)C(=O)CCC12. The van der Waals surface area contributed by atoms with E-state index in [1.165, 1.54) is 12.0 Å². The van der Waals surface area contributed by atoms with Gasteiger partial charge in [-0.2, -0.15) is 0 Å². The Kier molecular flexibility index (Phi) is 5.25. The highest BCUT2D eigenvalue weighted by Gasteiger charge is 2.64. The number of Topliss-reactive ketones (excluding diaryl/α,β-unsaturated/α-hetero) is 2. The Morgan fingerprint density at radius 3 is 2.63 bits per heavy atom. The highest BCUT2D eigenvalue weighted by atomic mass is 16.3. The van der Waals surface area contributed by atoms with Crippen LogP contribution in [0.3, 0.4) is 0 Å². The summed E-state index contributed by atoms with van der Waals surface area (Å²) in [6, 6.07) is 0. The van der Waals surface area contributed by atoms with Gasteiger partial charge in [-0.1, -0.05) is 25.5 Å². The van der Waals surface area contributed by atoms with Crippen LogP contribution in [0.2, 0.25) is 0 Å². The second-order valence-electron chi connectivity index (χ2n) is 11.6. The van der Waals surface area contributed by atoms with E-state index in [0.717, 1.165) is 64.0 Å². The number of hydrogen-bond donors (Lipinski definition) is 2. The van der Waals surface area contributed by atoms with Gasteiger partial charge in [-0.05, 0) is 93.5 Å². The minimum atomic E-state index is -0.297. The van der Waals surface area contributed by atoms with E-state index in [2.05, 4.69) is 25.2 Å². The molecule has 5 fully saturated rings. The number of nitrogens with one attached hydrogen (secondary N) is 1. The first-order valence-electron chi connectivity index (χ1n) is 12.4. The molecule has 0 aromatic heterocycles. The van der Waals surface area contributed by atoms with Crippen molar-refractivity contribution in [3.63, 3.8) is 0 Å². The van der Waals surface area contributed by atoms with Gasteiger partial charge in [0.05, 0.1) is 6.61 Å². The van der Waals surface area contributed by atoms with Crippen LogP contribution in [-0.4, -0.2) is 36.4 Å². The molecule has 30 heavy (non-hydrogen) atoms. The number of carbonyl (C=O) groups excluding carboxylic acids is 2. The molecule has 4 aliphatic carbocycles. The Hall–Kier alpha value is -1.00. The Bertz CT molecular complexity index is 753. The molecule has 166 valence electrons. The minimum Gasteiger partial charge on any atom is -0.396 e. The van der Waals surface area contributed by atoms with Crippen LogP contribution >= 0.6 is 0 Å². The molecule has 0 bridgehead atoms. The van der Waals surface area contributed by atoms with Crippen LogP contribution in [0, 0.1) is 46.3 Å². The predicted octanol–water partition coefficient (Wildman–Crippen LogP) is 3.92. The molecular formula is C26H39NO3. The molecule has 0 amide bonds. The number of fused-ring (bicyclic) bond motifs is 5. The van der Waals surface area contributed by atoms with E-state index in [0.29, 0.717) is 18.1 Å². The number of hydrogen-bond acceptors (Lipinski definition) is 4. The maximum atomic E-state index is 13.8. The zero-order valence-electron chi connectivity index (χ0n) is 18.8. The molecule has 4 saturated carbocycles. The molecule has 8 atom stereocenters. The summed E-state index contributed by atoms with van der Waals surface area (Å²) in [7, 11) is 0. The summed E-state index contributed by atoms with van der Waals surface area (Å²) >= 11 is 0. The largest absolute Gasteiger partial charge is 0.396 e. The number of allylic oxidation sites excluding steroid dienone is 2. The zero-order chi connectivity index (χ0) is 21.1. The van der Waals surface area contributed by atoms with Crippen LogP contribution in [0.25, 0.3) is 0 Å². The lowest BCUT2D eigenvalue weighted by Crippen LogP contribution is -2.60. The van der Waals surface area contributed by atoms with Crippen molar-refractivity contribution in [3.05, 3.63) is 11.6 Å². The highest BCUT2D eigenvalue weighted by Crippen LogP contribution is 2.66. The van der Waals surface area contributed by atoms with Crippen molar-refractivity contribution >= 4 is 11.6 Å². The maximum absolute atomic E-state index is 13.8. The lowest BCUT2D eigenvalue weighted by molar-refractivity contribution is -0.167. The van der Waals surface area contributed by atoms with E-state index >= 15 is 0 Å². The van der Waals surface area contributed by atoms with Crippen molar-refractivity contribution in [2.45, 2.75) is 71.6 Å². The summed E-state index contributed by atoms with van der Waals surface area (Å²) < 4.78 is 0. The Labute approximate surface area is 181 Å². The van der Waals surface area contributed by atoms with Crippen molar-refractivity contribution in [1.29, 1.82) is 0 Å². The summed E-state index contributed by atoms with van der Waals surface area (Å²) in [5, 5.41) is 13.8. The molecule has 1 aliphatic heterocycles. The van der Waals surface area contributed by atoms with E-state index in [1.807, 2.05) is 0 Å². The molecule has 0 spiro atoms. The second kappa shape index (κ2) is 7.55. The topological polar surface area (TPSA) is 66.4 Å². The summed E-state index contributed by atoms with van der Waals surface area (Å²) in [5.74, 6) is 2.03. The molecular weight excluding hydrogens is 374 g/mol. The van der Waals surface area contributed by atoms with Crippen LogP contribution in [-0.2, 0) is 9.59 Å². The number of aliphatic hydroxyl groups excluding tert-OH is 1. The number of ketones is 2. The first-order valence-corrected chi connectivity index (χ1v) is 12.4. The Balaban J connectivity index is 1.42. The third kappa shape index (κ3) is 3.00. The fourth-order valence-electron chi connectivity index (χ4n) is 8.44. The van der Waals surface area contributed by atoms with Crippen molar-refractivity contribution in [2.24, 2.45) is 46.3 Å². The first-order chi connectivity index (χ1) is 14.4. The molecule has 4 nitrogen and oxygen atoms in total. The van der Waals surface area contributed by atoms with Crippen molar-refractivity contribution in [3.8, 4) is 0 Å². The zero-order valence-corrected chi connectivity index (χ0v) is 18.8. The van der Waals surface area contributed by atoms with Gasteiger partial charge in [0.25, 0.3) is 0 Å². The lowest BCUT2D eigenvalue weighted by atomic mass is 9.42. The fraction of sp³-hybridized carbons (Fsp3) is 0.846. The number of rotatable bonds is 3. The average molecular weight is 414 g/mol. The molecule has 4 heteroatoms. The molecule has 0 aromatic rings. The minimum absolute atomic E-state index is 0.0105. The molecule has 1 saturated heterocycles.